The maximum absolute atomic E-state index is 12.4. The van der Waals surface area contributed by atoms with Gasteiger partial charge in [0.15, 0.2) is 0 Å². The number of hydrogen-bond donors (Lipinski definition) is 0. The average Bonchev–Trinajstić information content (AvgIpc) is 2.66. The van der Waals surface area contributed by atoms with Gasteiger partial charge in [-0.05, 0) is 24.6 Å². The summed E-state index contributed by atoms with van der Waals surface area (Å²) in [6, 6.07) is 15.5. The number of nitrogens with zero attached hydrogens (tertiary/aromatic N) is 2. The molecule has 4 heteroatoms. The molecule has 0 saturated heterocycles. The first-order valence-corrected chi connectivity index (χ1v) is 7.78. The van der Waals surface area contributed by atoms with Gasteiger partial charge in [-0.3, -0.25) is 9.79 Å². The van der Waals surface area contributed by atoms with Crippen molar-refractivity contribution >= 4 is 28.9 Å². The van der Waals surface area contributed by atoms with Crippen molar-refractivity contribution in [2.75, 3.05) is 18.0 Å². The maximum Gasteiger partial charge on any atom is 0.248 e. The van der Waals surface area contributed by atoms with Crippen molar-refractivity contribution < 1.29 is 4.79 Å². The van der Waals surface area contributed by atoms with E-state index in [0.717, 1.165) is 28.9 Å². The first-order chi connectivity index (χ1) is 10.7. The van der Waals surface area contributed by atoms with Gasteiger partial charge in [-0.1, -0.05) is 48.9 Å². The number of hydrogen-bond acceptors (Lipinski definition) is 2. The molecule has 0 unspecified atom stereocenters. The zero-order chi connectivity index (χ0) is 15.5. The van der Waals surface area contributed by atoms with Crippen LogP contribution < -0.4 is 4.90 Å². The minimum absolute atomic E-state index is 0.0244. The summed E-state index contributed by atoms with van der Waals surface area (Å²) >= 11 is 6.19. The van der Waals surface area contributed by atoms with Crippen LogP contribution in [0.4, 0.5) is 5.69 Å². The van der Waals surface area contributed by atoms with E-state index in [1.807, 2.05) is 53.4 Å². The summed E-state index contributed by atoms with van der Waals surface area (Å²) in [5.41, 5.74) is 3.62. The van der Waals surface area contributed by atoms with Crippen LogP contribution in [0.15, 0.2) is 53.5 Å². The van der Waals surface area contributed by atoms with E-state index in [9.17, 15) is 4.79 Å². The van der Waals surface area contributed by atoms with Crippen LogP contribution in [-0.4, -0.2) is 24.7 Å². The summed E-state index contributed by atoms with van der Waals surface area (Å²) in [4.78, 5) is 18.8. The van der Waals surface area contributed by atoms with Gasteiger partial charge in [0, 0.05) is 22.7 Å². The van der Waals surface area contributed by atoms with Crippen molar-refractivity contribution in [3.05, 3.63) is 64.7 Å². The van der Waals surface area contributed by atoms with Crippen molar-refractivity contribution in [1.29, 1.82) is 0 Å². The maximum atomic E-state index is 12.4. The number of rotatable bonds is 3. The van der Waals surface area contributed by atoms with E-state index >= 15 is 0 Å². The summed E-state index contributed by atoms with van der Waals surface area (Å²) in [5.74, 6) is 0.0244. The largest absolute Gasteiger partial charge is 0.310 e. The van der Waals surface area contributed by atoms with Gasteiger partial charge < -0.3 is 4.90 Å². The second kappa shape index (κ2) is 6.32. The van der Waals surface area contributed by atoms with Crippen molar-refractivity contribution in [1.82, 2.24) is 0 Å². The highest BCUT2D eigenvalue weighted by Crippen LogP contribution is 2.29. The molecule has 0 bridgehead atoms. The van der Waals surface area contributed by atoms with E-state index in [2.05, 4.69) is 11.9 Å². The smallest absolute Gasteiger partial charge is 0.248 e. The Bertz CT molecular complexity index is 725. The Morgan fingerprint density at radius 2 is 1.95 bits per heavy atom. The third-order valence-corrected chi connectivity index (χ3v) is 3.91. The number of aliphatic imine (C=N–C) groups is 1. The lowest BCUT2D eigenvalue weighted by molar-refractivity contribution is -0.117. The first kappa shape index (κ1) is 14.8. The lowest BCUT2D eigenvalue weighted by atomic mass is 10.00. The Hall–Kier alpha value is -2.13. The molecule has 0 aliphatic carbocycles. The Kier molecular flexibility index (Phi) is 4.25. The van der Waals surface area contributed by atoms with Gasteiger partial charge in [0.25, 0.3) is 0 Å². The van der Waals surface area contributed by atoms with Crippen LogP contribution in [0.1, 0.15) is 24.5 Å². The van der Waals surface area contributed by atoms with Gasteiger partial charge in [0.05, 0.1) is 11.4 Å². The van der Waals surface area contributed by atoms with Gasteiger partial charge in [0.1, 0.15) is 6.54 Å². The van der Waals surface area contributed by atoms with Crippen LogP contribution in [0.2, 0.25) is 5.02 Å². The Morgan fingerprint density at radius 3 is 2.68 bits per heavy atom. The summed E-state index contributed by atoms with van der Waals surface area (Å²) in [7, 11) is 0. The third-order valence-electron chi connectivity index (χ3n) is 3.67. The van der Waals surface area contributed by atoms with E-state index < -0.39 is 0 Å². The summed E-state index contributed by atoms with van der Waals surface area (Å²) in [6.07, 6.45) is 0.897. The van der Waals surface area contributed by atoms with Crippen molar-refractivity contribution in [2.45, 2.75) is 13.3 Å². The molecule has 2 aromatic rings. The number of benzodiazepines with no additional fused rings is 1. The number of amides is 1. The summed E-state index contributed by atoms with van der Waals surface area (Å²) in [6.45, 7) is 2.91. The Balaban J connectivity index is 2.18. The van der Waals surface area contributed by atoms with E-state index in [-0.39, 0.29) is 12.5 Å². The summed E-state index contributed by atoms with van der Waals surface area (Å²) < 4.78 is 0. The van der Waals surface area contributed by atoms with Crippen molar-refractivity contribution in [3.8, 4) is 0 Å². The topological polar surface area (TPSA) is 32.7 Å². The zero-order valence-corrected chi connectivity index (χ0v) is 13.2. The quantitative estimate of drug-likeness (QED) is 0.845. The second-order valence-electron chi connectivity index (χ2n) is 5.24. The Labute approximate surface area is 135 Å². The lowest BCUT2D eigenvalue weighted by Gasteiger charge is -2.22. The molecule has 0 fully saturated rings. The molecule has 3 rings (SSSR count). The molecule has 0 atom stereocenters. The lowest BCUT2D eigenvalue weighted by Crippen LogP contribution is -2.33. The standard InChI is InChI=1S/C18H17ClN2O/c1-2-10-21-16-9-8-14(19)11-15(16)18(20-12-17(21)22)13-6-4-3-5-7-13/h3-9,11H,2,10,12H2,1H3. The Morgan fingerprint density at radius 1 is 1.18 bits per heavy atom. The molecule has 3 nitrogen and oxygen atoms in total. The molecule has 2 aromatic carbocycles. The number of anilines is 1. The van der Waals surface area contributed by atoms with Gasteiger partial charge >= 0.3 is 0 Å². The fourth-order valence-electron chi connectivity index (χ4n) is 2.70. The van der Waals surface area contributed by atoms with Crippen LogP contribution in [0.3, 0.4) is 0 Å². The van der Waals surface area contributed by atoms with E-state index in [0.29, 0.717) is 11.6 Å². The molecule has 1 aliphatic rings. The molecule has 1 aliphatic heterocycles. The minimum Gasteiger partial charge on any atom is -0.310 e. The van der Waals surface area contributed by atoms with Crippen molar-refractivity contribution in [2.24, 2.45) is 4.99 Å². The van der Waals surface area contributed by atoms with E-state index in [1.165, 1.54) is 0 Å². The molecule has 1 amide bonds. The predicted molar refractivity (Wildman–Crippen MR) is 91.0 cm³/mol. The highest BCUT2D eigenvalue weighted by atomic mass is 35.5. The normalized spacial score (nSPS) is 14.4. The molecule has 22 heavy (non-hydrogen) atoms. The number of carbonyl (C=O) groups is 1. The molecular formula is C18H17ClN2O. The molecular weight excluding hydrogens is 296 g/mol. The number of fused-ring (bicyclic) bond motifs is 1. The van der Waals surface area contributed by atoms with Gasteiger partial charge in [-0.15, -0.1) is 0 Å². The van der Waals surface area contributed by atoms with Crippen LogP contribution in [0, 0.1) is 0 Å². The first-order valence-electron chi connectivity index (χ1n) is 7.41. The second-order valence-corrected chi connectivity index (χ2v) is 5.67. The number of halogens is 1. The molecule has 0 radical (unpaired) electrons. The van der Waals surface area contributed by atoms with Crippen LogP contribution >= 0.6 is 11.6 Å². The SMILES string of the molecule is CCCN1C(=O)CN=C(c2ccccc2)c2cc(Cl)ccc21. The molecule has 0 saturated carbocycles. The number of benzene rings is 2. The minimum atomic E-state index is 0.0244. The molecule has 0 N–H and O–H groups in total. The van der Waals surface area contributed by atoms with E-state index in [4.69, 9.17) is 11.6 Å². The van der Waals surface area contributed by atoms with Gasteiger partial charge in [-0.2, -0.15) is 0 Å². The van der Waals surface area contributed by atoms with Gasteiger partial charge in [0.2, 0.25) is 5.91 Å². The molecule has 112 valence electrons. The fraction of sp³-hybridized carbons (Fsp3) is 0.222. The van der Waals surface area contributed by atoms with Gasteiger partial charge in [-0.25, -0.2) is 0 Å². The highest BCUT2D eigenvalue weighted by molar-refractivity contribution is 6.32. The van der Waals surface area contributed by atoms with E-state index in [1.54, 1.807) is 0 Å². The zero-order valence-electron chi connectivity index (χ0n) is 12.4. The molecule has 0 spiro atoms. The predicted octanol–water partition coefficient (Wildman–Crippen LogP) is 3.93. The van der Waals surface area contributed by atoms with Crippen LogP contribution in [-0.2, 0) is 4.79 Å². The average molecular weight is 313 g/mol. The van der Waals surface area contributed by atoms with Crippen LogP contribution in [0.5, 0.6) is 0 Å². The summed E-state index contributed by atoms with van der Waals surface area (Å²) in [5, 5.41) is 0.646. The number of carbonyl (C=O) groups excluding carboxylic acids is 1. The molecule has 1 heterocycles. The fourth-order valence-corrected chi connectivity index (χ4v) is 2.87. The van der Waals surface area contributed by atoms with Crippen LogP contribution in [0.25, 0.3) is 0 Å². The molecule has 0 aromatic heterocycles. The highest BCUT2D eigenvalue weighted by Gasteiger charge is 2.24. The monoisotopic (exact) mass is 312 g/mol. The third kappa shape index (κ3) is 2.77. The van der Waals surface area contributed by atoms with Crippen molar-refractivity contribution in [3.63, 3.8) is 0 Å².